The van der Waals surface area contributed by atoms with Gasteiger partial charge in [-0.1, -0.05) is 28.1 Å². The zero-order valence-electron chi connectivity index (χ0n) is 10.1. The van der Waals surface area contributed by atoms with Crippen molar-refractivity contribution in [1.29, 1.82) is 0 Å². The van der Waals surface area contributed by atoms with E-state index in [9.17, 15) is 4.79 Å². The van der Waals surface area contributed by atoms with Crippen LogP contribution in [-0.4, -0.2) is 25.1 Å². The molecule has 18 heavy (non-hydrogen) atoms. The lowest BCUT2D eigenvalue weighted by Crippen LogP contribution is -2.40. The van der Waals surface area contributed by atoms with E-state index in [1.54, 1.807) is 0 Å². The molecule has 2 N–H and O–H groups in total. The Kier molecular flexibility index (Phi) is 5.16. The number of piperidine rings is 1. The first-order valence-corrected chi connectivity index (χ1v) is 6.93. The molecule has 1 atom stereocenters. The minimum Gasteiger partial charge on any atom is -0.314 e. The topological polar surface area (TPSA) is 50.4 Å². The van der Waals surface area contributed by atoms with Crippen molar-refractivity contribution in [1.82, 2.24) is 10.8 Å². The lowest BCUT2D eigenvalue weighted by Gasteiger charge is -2.22. The van der Waals surface area contributed by atoms with Crippen LogP contribution in [0.3, 0.4) is 0 Å². The van der Waals surface area contributed by atoms with E-state index in [2.05, 4.69) is 26.7 Å². The average Bonchev–Trinajstić information content (AvgIpc) is 2.38. The van der Waals surface area contributed by atoms with Gasteiger partial charge >= 0.3 is 0 Å². The number of carbonyl (C=O) groups is 1. The number of carbonyl (C=O) groups excluding carboxylic acids is 1. The highest BCUT2D eigenvalue weighted by molar-refractivity contribution is 9.10. The van der Waals surface area contributed by atoms with Crippen LogP contribution < -0.4 is 10.8 Å². The molecule has 1 aromatic rings. The van der Waals surface area contributed by atoms with Crippen molar-refractivity contribution in [3.8, 4) is 0 Å². The molecule has 1 aliphatic rings. The summed E-state index contributed by atoms with van der Waals surface area (Å²) in [7, 11) is 0. The summed E-state index contributed by atoms with van der Waals surface area (Å²) in [5.74, 6) is -0.112. The first kappa shape index (κ1) is 13.5. The van der Waals surface area contributed by atoms with Gasteiger partial charge in [0.1, 0.15) is 0 Å². The number of hydrogen-bond donors (Lipinski definition) is 2. The maximum atomic E-state index is 11.7. The van der Waals surface area contributed by atoms with Gasteiger partial charge in [-0.25, -0.2) is 5.48 Å². The largest absolute Gasteiger partial charge is 0.314 e. The zero-order chi connectivity index (χ0) is 12.8. The molecule has 0 saturated carbocycles. The minimum atomic E-state index is -0.112. The summed E-state index contributed by atoms with van der Waals surface area (Å²) in [5.41, 5.74) is 3.49. The lowest BCUT2D eigenvalue weighted by atomic mass is 10.1. The Morgan fingerprint density at radius 1 is 1.56 bits per heavy atom. The number of rotatable bonds is 4. The van der Waals surface area contributed by atoms with Crippen LogP contribution in [-0.2, 0) is 16.1 Å². The van der Waals surface area contributed by atoms with Crippen molar-refractivity contribution in [2.75, 3.05) is 13.1 Å². The molecule has 0 radical (unpaired) electrons. The third kappa shape index (κ3) is 4.40. The molecule has 1 aliphatic heterocycles. The monoisotopic (exact) mass is 312 g/mol. The Balaban J connectivity index is 1.74. The zero-order valence-corrected chi connectivity index (χ0v) is 11.7. The van der Waals surface area contributed by atoms with Crippen LogP contribution in [0.25, 0.3) is 0 Å². The van der Waals surface area contributed by atoms with Crippen molar-refractivity contribution in [2.24, 2.45) is 0 Å². The standard InChI is InChI=1S/C13H17BrN2O2/c14-11-4-1-3-10(7-11)8-13(17)16-18-12-5-2-6-15-9-12/h1,3-4,7,12,15H,2,5-6,8-9H2,(H,16,17). The van der Waals surface area contributed by atoms with Crippen LogP contribution >= 0.6 is 15.9 Å². The van der Waals surface area contributed by atoms with Gasteiger partial charge in [0.25, 0.3) is 0 Å². The van der Waals surface area contributed by atoms with Gasteiger partial charge in [0.05, 0.1) is 12.5 Å². The Labute approximate surface area is 115 Å². The molecule has 0 spiro atoms. The number of hydroxylamine groups is 1. The second-order valence-electron chi connectivity index (χ2n) is 4.42. The summed E-state index contributed by atoms with van der Waals surface area (Å²) < 4.78 is 0.977. The Bertz CT molecular complexity index is 406. The van der Waals surface area contributed by atoms with Crippen molar-refractivity contribution < 1.29 is 9.63 Å². The molecule has 1 aromatic carbocycles. The fourth-order valence-corrected chi connectivity index (χ4v) is 2.38. The van der Waals surface area contributed by atoms with Crippen molar-refractivity contribution in [3.05, 3.63) is 34.3 Å². The second-order valence-corrected chi connectivity index (χ2v) is 5.33. The first-order chi connectivity index (χ1) is 8.74. The van der Waals surface area contributed by atoms with Gasteiger partial charge < -0.3 is 5.32 Å². The van der Waals surface area contributed by atoms with E-state index in [1.165, 1.54) is 0 Å². The summed E-state index contributed by atoms with van der Waals surface area (Å²) in [4.78, 5) is 17.1. The third-order valence-corrected chi connectivity index (χ3v) is 3.34. The van der Waals surface area contributed by atoms with Gasteiger partial charge in [0.2, 0.25) is 5.91 Å². The van der Waals surface area contributed by atoms with E-state index in [-0.39, 0.29) is 12.0 Å². The molecule has 1 amide bonds. The maximum Gasteiger partial charge on any atom is 0.247 e. The SMILES string of the molecule is O=C(Cc1cccc(Br)c1)NOC1CCCNC1. The molecule has 2 rings (SSSR count). The highest BCUT2D eigenvalue weighted by Crippen LogP contribution is 2.12. The quantitative estimate of drug-likeness (QED) is 0.833. The predicted molar refractivity (Wildman–Crippen MR) is 73.0 cm³/mol. The number of nitrogens with one attached hydrogen (secondary N) is 2. The van der Waals surface area contributed by atoms with Gasteiger partial charge in [-0.05, 0) is 37.1 Å². The van der Waals surface area contributed by atoms with Crippen molar-refractivity contribution in [2.45, 2.75) is 25.4 Å². The fourth-order valence-electron chi connectivity index (χ4n) is 1.94. The third-order valence-electron chi connectivity index (χ3n) is 2.84. The van der Waals surface area contributed by atoms with E-state index in [4.69, 9.17) is 4.84 Å². The number of amides is 1. The van der Waals surface area contributed by atoms with Crippen molar-refractivity contribution in [3.63, 3.8) is 0 Å². The number of hydrogen-bond acceptors (Lipinski definition) is 3. The van der Waals surface area contributed by atoms with Gasteiger partial charge in [-0.2, -0.15) is 0 Å². The van der Waals surface area contributed by atoms with Gasteiger partial charge in [-0.15, -0.1) is 0 Å². The highest BCUT2D eigenvalue weighted by atomic mass is 79.9. The van der Waals surface area contributed by atoms with Gasteiger partial charge in [-0.3, -0.25) is 9.63 Å². The van der Waals surface area contributed by atoms with E-state index >= 15 is 0 Å². The van der Waals surface area contributed by atoms with Crippen LogP contribution in [0.2, 0.25) is 0 Å². The van der Waals surface area contributed by atoms with E-state index in [0.29, 0.717) is 6.42 Å². The Morgan fingerprint density at radius 3 is 3.17 bits per heavy atom. The van der Waals surface area contributed by atoms with Gasteiger partial charge in [0.15, 0.2) is 0 Å². The lowest BCUT2D eigenvalue weighted by molar-refractivity contribution is -0.138. The van der Waals surface area contributed by atoms with Crippen LogP contribution in [0.5, 0.6) is 0 Å². The van der Waals surface area contributed by atoms with Crippen LogP contribution in [0.4, 0.5) is 0 Å². The number of benzene rings is 1. The van der Waals surface area contributed by atoms with Crippen LogP contribution in [0.15, 0.2) is 28.7 Å². The number of halogens is 1. The van der Waals surface area contributed by atoms with Crippen molar-refractivity contribution >= 4 is 21.8 Å². The molecule has 1 unspecified atom stereocenters. The molecule has 0 bridgehead atoms. The fraction of sp³-hybridized carbons (Fsp3) is 0.462. The Morgan fingerprint density at radius 2 is 2.44 bits per heavy atom. The highest BCUT2D eigenvalue weighted by Gasteiger charge is 2.14. The summed E-state index contributed by atoms with van der Waals surface area (Å²) in [6.45, 7) is 1.84. The average molecular weight is 313 g/mol. The summed E-state index contributed by atoms with van der Waals surface area (Å²) in [6, 6.07) is 7.71. The molecule has 0 aromatic heterocycles. The molecule has 98 valence electrons. The summed E-state index contributed by atoms with van der Waals surface area (Å²) >= 11 is 3.38. The minimum absolute atomic E-state index is 0.0882. The van der Waals surface area contributed by atoms with E-state index < -0.39 is 0 Å². The Hall–Kier alpha value is -0.910. The molecule has 4 nitrogen and oxygen atoms in total. The predicted octanol–water partition coefficient (Wildman–Crippen LogP) is 1.79. The molecule has 1 fully saturated rings. The summed E-state index contributed by atoms with van der Waals surface area (Å²) in [5, 5.41) is 3.23. The molecule has 5 heteroatoms. The second kappa shape index (κ2) is 6.87. The van der Waals surface area contributed by atoms with E-state index in [0.717, 1.165) is 36.0 Å². The molecule has 1 saturated heterocycles. The van der Waals surface area contributed by atoms with E-state index in [1.807, 2.05) is 24.3 Å². The smallest absolute Gasteiger partial charge is 0.247 e. The molecular formula is C13H17BrN2O2. The van der Waals surface area contributed by atoms with Gasteiger partial charge in [0, 0.05) is 11.0 Å². The molecular weight excluding hydrogens is 296 g/mol. The summed E-state index contributed by atoms with van der Waals surface area (Å²) in [6.07, 6.45) is 2.50. The molecule has 1 heterocycles. The van der Waals surface area contributed by atoms with Crippen LogP contribution in [0, 0.1) is 0 Å². The normalized spacial score (nSPS) is 19.5. The van der Waals surface area contributed by atoms with Crippen LogP contribution in [0.1, 0.15) is 18.4 Å². The first-order valence-electron chi connectivity index (χ1n) is 6.14. The maximum absolute atomic E-state index is 11.7. The molecule has 0 aliphatic carbocycles.